The Morgan fingerprint density at radius 1 is 1.41 bits per heavy atom. The summed E-state index contributed by atoms with van der Waals surface area (Å²) < 4.78 is 5.18. The summed E-state index contributed by atoms with van der Waals surface area (Å²) in [6.07, 6.45) is 2.14. The Morgan fingerprint density at radius 2 is 2.12 bits per heavy atom. The first-order valence-electron chi connectivity index (χ1n) is 6.00. The molecule has 0 bridgehead atoms. The van der Waals surface area contributed by atoms with E-state index in [0.29, 0.717) is 0 Å². The van der Waals surface area contributed by atoms with Crippen molar-refractivity contribution in [1.82, 2.24) is 4.90 Å². The van der Waals surface area contributed by atoms with Gasteiger partial charge in [0.2, 0.25) is 0 Å². The van der Waals surface area contributed by atoms with E-state index in [-0.39, 0.29) is 5.91 Å². The van der Waals surface area contributed by atoms with Gasteiger partial charge in [0.1, 0.15) is 5.75 Å². The Bertz CT molecular complexity index is 388. The maximum absolute atomic E-state index is 12.1. The van der Waals surface area contributed by atoms with Gasteiger partial charge in [-0.05, 0) is 37.1 Å². The maximum Gasteiger partial charge on any atom is 0.253 e. The summed E-state index contributed by atoms with van der Waals surface area (Å²) in [6, 6.07) is 5.54. The molecule has 0 N–H and O–H groups in total. The molecule has 17 heavy (non-hydrogen) atoms. The maximum atomic E-state index is 12.1. The molecule has 0 radical (unpaired) electrons. The molecule has 0 aliphatic heterocycles. The molecule has 3 heteroatoms. The highest BCUT2D eigenvalue weighted by molar-refractivity contribution is 5.94. The lowest BCUT2D eigenvalue weighted by Gasteiger charge is -2.17. The lowest BCUT2D eigenvalue weighted by molar-refractivity contribution is 0.0793. The number of carbonyl (C=O) groups excluding carboxylic acids is 1. The molecule has 1 rings (SSSR count). The second-order valence-electron chi connectivity index (χ2n) is 4.26. The number of rotatable bonds is 5. The normalized spacial score (nSPS) is 10.1. The number of unbranched alkanes of at least 4 members (excludes halogenated alkanes) is 1. The largest absolute Gasteiger partial charge is 0.496 e. The monoisotopic (exact) mass is 235 g/mol. The van der Waals surface area contributed by atoms with Crippen LogP contribution in [0.15, 0.2) is 18.2 Å². The van der Waals surface area contributed by atoms with Crippen molar-refractivity contribution in [2.75, 3.05) is 20.7 Å². The molecule has 0 aliphatic rings. The number of benzene rings is 1. The highest BCUT2D eigenvalue weighted by Gasteiger charge is 2.12. The molecule has 0 unspecified atom stereocenters. The molecule has 3 nitrogen and oxygen atoms in total. The molecule has 0 aromatic heterocycles. The van der Waals surface area contributed by atoms with E-state index in [1.807, 2.05) is 32.2 Å². The van der Waals surface area contributed by atoms with Gasteiger partial charge in [-0.25, -0.2) is 0 Å². The third-order valence-corrected chi connectivity index (χ3v) is 2.84. The van der Waals surface area contributed by atoms with E-state index < -0.39 is 0 Å². The van der Waals surface area contributed by atoms with Crippen molar-refractivity contribution in [2.45, 2.75) is 26.7 Å². The van der Waals surface area contributed by atoms with Crippen LogP contribution in [0.2, 0.25) is 0 Å². The van der Waals surface area contributed by atoms with Gasteiger partial charge < -0.3 is 9.64 Å². The zero-order chi connectivity index (χ0) is 12.8. The number of ether oxygens (including phenoxy) is 1. The summed E-state index contributed by atoms with van der Waals surface area (Å²) in [6.45, 7) is 4.87. The minimum absolute atomic E-state index is 0.0733. The van der Waals surface area contributed by atoms with Gasteiger partial charge in [0, 0.05) is 19.2 Å². The first-order chi connectivity index (χ1) is 8.10. The number of aryl methyl sites for hydroxylation is 1. The predicted octanol–water partition coefficient (Wildman–Crippen LogP) is 2.88. The van der Waals surface area contributed by atoms with Crippen LogP contribution in [-0.4, -0.2) is 31.5 Å². The van der Waals surface area contributed by atoms with E-state index in [1.54, 1.807) is 12.0 Å². The summed E-state index contributed by atoms with van der Waals surface area (Å²) in [4.78, 5) is 13.9. The number of nitrogens with zero attached hydrogens (tertiary/aromatic N) is 1. The zero-order valence-electron chi connectivity index (χ0n) is 11.1. The van der Waals surface area contributed by atoms with Crippen LogP contribution >= 0.6 is 0 Å². The molecule has 1 aromatic carbocycles. The average molecular weight is 235 g/mol. The molecule has 0 atom stereocenters. The predicted molar refractivity (Wildman–Crippen MR) is 69.6 cm³/mol. The van der Waals surface area contributed by atoms with E-state index in [4.69, 9.17) is 4.74 Å². The van der Waals surface area contributed by atoms with Crippen molar-refractivity contribution >= 4 is 5.91 Å². The summed E-state index contributed by atoms with van der Waals surface area (Å²) >= 11 is 0. The van der Waals surface area contributed by atoms with Crippen LogP contribution in [0.3, 0.4) is 0 Å². The van der Waals surface area contributed by atoms with Crippen molar-refractivity contribution < 1.29 is 9.53 Å². The SMILES string of the molecule is CCCCN(C)C(=O)c1ccc(OC)c(C)c1. The summed E-state index contributed by atoms with van der Waals surface area (Å²) in [7, 11) is 3.48. The van der Waals surface area contributed by atoms with Crippen LogP contribution in [0, 0.1) is 6.92 Å². The molecular formula is C14H21NO2. The number of hydrogen-bond donors (Lipinski definition) is 0. The molecule has 0 saturated carbocycles. The fourth-order valence-electron chi connectivity index (χ4n) is 1.73. The second kappa shape index (κ2) is 6.28. The number of carbonyl (C=O) groups is 1. The van der Waals surface area contributed by atoms with Crippen LogP contribution in [0.1, 0.15) is 35.7 Å². The fraction of sp³-hybridized carbons (Fsp3) is 0.500. The number of hydrogen-bond acceptors (Lipinski definition) is 2. The fourth-order valence-corrected chi connectivity index (χ4v) is 1.73. The first-order valence-corrected chi connectivity index (χ1v) is 6.00. The van der Waals surface area contributed by atoms with E-state index in [0.717, 1.165) is 36.3 Å². The lowest BCUT2D eigenvalue weighted by Crippen LogP contribution is -2.27. The van der Waals surface area contributed by atoms with Crippen LogP contribution in [0.4, 0.5) is 0 Å². The van der Waals surface area contributed by atoms with Crippen molar-refractivity contribution in [1.29, 1.82) is 0 Å². The van der Waals surface area contributed by atoms with Gasteiger partial charge in [0.05, 0.1) is 7.11 Å². The summed E-state index contributed by atoms with van der Waals surface area (Å²) in [5, 5.41) is 0. The van der Waals surface area contributed by atoms with Gasteiger partial charge in [0.25, 0.3) is 5.91 Å². The Hall–Kier alpha value is -1.51. The Morgan fingerprint density at radius 3 is 2.65 bits per heavy atom. The van der Waals surface area contributed by atoms with Crippen LogP contribution in [0.5, 0.6) is 5.75 Å². The van der Waals surface area contributed by atoms with E-state index in [1.165, 1.54) is 0 Å². The molecule has 0 heterocycles. The van der Waals surface area contributed by atoms with Gasteiger partial charge in [-0.15, -0.1) is 0 Å². The minimum Gasteiger partial charge on any atom is -0.496 e. The number of amides is 1. The van der Waals surface area contributed by atoms with E-state index in [2.05, 4.69) is 6.92 Å². The molecule has 0 fully saturated rings. The smallest absolute Gasteiger partial charge is 0.253 e. The van der Waals surface area contributed by atoms with Gasteiger partial charge in [0.15, 0.2) is 0 Å². The molecule has 1 amide bonds. The molecule has 1 aromatic rings. The highest BCUT2D eigenvalue weighted by Crippen LogP contribution is 2.19. The minimum atomic E-state index is 0.0733. The van der Waals surface area contributed by atoms with Crippen molar-refractivity contribution in [3.05, 3.63) is 29.3 Å². The van der Waals surface area contributed by atoms with Crippen molar-refractivity contribution in [3.63, 3.8) is 0 Å². The van der Waals surface area contributed by atoms with Gasteiger partial charge in [-0.2, -0.15) is 0 Å². The molecule has 0 spiro atoms. The first kappa shape index (κ1) is 13.6. The highest BCUT2D eigenvalue weighted by atomic mass is 16.5. The van der Waals surface area contributed by atoms with Crippen LogP contribution in [-0.2, 0) is 0 Å². The number of methoxy groups -OCH3 is 1. The third kappa shape index (κ3) is 3.48. The zero-order valence-corrected chi connectivity index (χ0v) is 11.1. The third-order valence-electron chi connectivity index (χ3n) is 2.84. The van der Waals surface area contributed by atoms with Gasteiger partial charge >= 0.3 is 0 Å². The quantitative estimate of drug-likeness (QED) is 0.785. The second-order valence-corrected chi connectivity index (χ2v) is 4.26. The standard InChI is InChI=1S/C14H21NO2/c1-5-6-9-15(3)14(16)12-7-8-13(17-4)11(2)10-12/h7-8,10H,5-6,9H2,1-4H3. The van der Waals surface area contributed by atoms with Crippen molar-refractivity contribution in [3.8, 4) is 5.75 Å². The summed E-state index contributed by atoms with van der Waals surface area (Å²) in [5.74, 6) is 0.891. The van der Waals surface area contributed by atoms with Crippen LogP contribution < -0.4 is 4.74 Å². The van der Waals surface area contributed by atoms with Gasteiger partial charge in [-0.1, -0.05) is 13.3 Å². The van der Waals surface area contributed by atoms with E-state index >= 15 is 0 Å². The Labute approximate surface area is 103 Å². The Balaban J connectivity index is 2.78. The van der Waals surface area contributed by atoms with Crippen molar-refractivity contribution in [2.24, 2.45) is 0 Å². The Kier molecular flexibility index (Phi) is 5.01. The molecule has 0 saturated heterocycles. The topological polar surface area (TPSA) is 29.5 Å². The molecule has 94 valence electrons. The summed E-state index contributed by atoms with van der Waals surface area (Å²) in [5.41, 5.74) is 1.71. The van der Waals surface area contributed by atoms with E-state index in [9.17, 15) is 4.79 Å². The lowest BCUT2D eigenvalue weighted by atomic mass is 10.1. The molecule has 0 aliphatic carbocycles. The average Bonchev–Trinajstić information content (AvgIpc) is 2.34. The van der Waals surface area contributed by atoms with Gasteiger partial charge in [-0.3, -0.25) is 4.79 Å². The molecular weight excluding hydrogens is 214 g/mol. The van der Waals surface area contributed by atoms with Crippen LogP contribution in [0.25, 0.3) is 0 Å².